The summed E-state index contributed by atoms with van der Waals surface area (Å²) in [6, 6.07) is 7.52. The molecule has 4 heteroatoms. The molecule has 0 saturated heterocycles. The molecule has 0 fully saturated rings. The predicted molar refractivity (Wildman–Crippen MR) is 108 cm³/mol. The van der Waals surface area contributed by atoms with Gasteiger partial charge in [0.25, 0.3) is 0 Å². The highest BCUT2D eigenvalue weighted by molar-refractivity contribution is 6.32. The third kappa shape index (κ3) is 12.7. The maximum absolute atomic E-state index is 9.37. The molecule has 1 aromatic carbocycles. The zero-order chi connectivity index (χ0) is 18.9. The van der Waals surface area contributed by atoms with E-state index in [0.29, 0.717) is 11.4 Å². The second-order valence-corrected chi connectivity index (χ2v) is 6.75. The highest BCUT2D eigenvalue weighted by Gasteiger charge is 2.06. The van der Waals surface area contributed by atoms with Crippen LogP contribution < -0.4 is 0 Å². The van der Waals surface area contributed by atoms with E-state index < -0.39 is 0 Å². The van der Waals surface area contributed by atoms with Crippen molar-refractivity contribution >= 4 is 11.6 Å². The SMILES string of the molecule is CCCCCC.CCCCN(CCC#N)CCc1ccc(O)c(Cl)c1. The highest BCUT2D eigenvalue weighted by Crippen LogP contribution is 2.23. The summed E-state index contributed by atoms with van der Waals surface area (Å²) < 4.78 is 0. The van der Waals surface area contributed by atoms with Crippen LogP contribution in [0.3, 0.4) is 0 Å². The molecule has 0 amide bonds. The summed E-state index contributed by atoms with van der Waals surface area (Å²) in [7, 11) is 0. The van der Waals surface area contributed by atoms with Crippen molar-refractivity contribution in [3.05, 3.63) is 28.8 Å². The summed E-state index contributed by atoms with van der Waals surface area (Å²) in [5, 5.41) is 18.4. The summed E-state index contributed by atoms with van der Waals surface area (Å²) in [6.07, 6.45) is 9.31. The quantitative estimate of drug-likeness (QED) is 0.475. The molecule has 0 atom stereocenters. The van der Waals surface area contributed by atoms with Crippen LogP contribution in [0.15, 0.2) is 18.2 Å². The highest BCUT2D eigenvalue weighted by atomic mass is 35.5. The molecule has 0 bridgehead atoms. The number of phenolic OH excluding ortho intramolecular Hbond substituents is 1. The van der Waals surface area contributed by atoms with Crippen LogP contribution in [0, 0.1) is 11.3 Å². The summed E-state index contributed by atoms with van der Waals surface area (Å²) in [5.74, 6) is 0.123. The van der Waals surface area contributed by atoms with E-state index in [9.17, 15) is 5.11 Å². The van der Waals surface area contributed by atoms with Crippen LogP contribution in [-0.4, -0.2) is 29.6 Å². The van der Waals surface area contributed by atoms with Crippen LogP contribution in [0.2, 0.25) is 5.02 Å². The smallest absolute Gasteiger partial charge is 0.134 e. The maximum atomic E-state index is 9.37. The van der Waals surface area contributed by atoms with Gasteiger partial charge in [-0.25, -0.2) is 0 Å². The molecule has 1 aromatic rings. The molecule has 0 aromatic heterocycles. The standard InChI is InChI=1S/C15H21ClN2O.C6H14/c1-2-3-9-18(10-4-8-17)11-7-13-5-6-15(19)14(16)12-13;1-3-5-6-4-2/h5-6,12,19H,2-4,7,9-11H2,1H3;3-6H2,1-2H3. The second-order valence-electron chi connectivity index (χ2n) is 6.35. The lowest BCUT2D eigenvalue weighted by Crippen LogP contribution is -2.28. The van der Waals surface area contributed by atoms with Gasteiger partial charge in [0.1, 0.15) is 5.75 Å². The maximum Gasteiger partial charge on any atom is 0.134 e. The third-order valence-electron chi connectivity index (χ3n) is 4.05. The van der Waals surface area contributed by atoms with Crippen molar-refractivity contribution in [1.82, 2.24) is 4.90 Å². The summed E-state index contributed by atoms with van der Waals surface area (Å²) in [4.78, 5) is 2.31. The van der Waals surface area contributed by atoms with Gasteiger partial charge in [0, 0.05) is 19.5 Å². The minimum absolute atomic E-state index is 0.123. The zero-order valence-electron chi connectivity index (χ0n) is 16.2. The number of phenols is 1. The molecule has 0 aliphatic carbocycles. The van der Waals surface area contributed by atoms with Gasteiger partial charge in [-0.05, 0) is 37.1 Å². The molecule has 1 rings (SSSR count). The molecule has 3 nitrogen and oxygen atoms in total. The second kappa shape index (κ2) is 16.2. The van der Waals surface area contributed by atoms with Crippen molar-refractivity contribution in [1.29, 1.82) is 5.26 Å². The number of hydrogen-bond acceptors (Lipinski definition) is 3. The molecule has 0 aliphatic rings. The minimum Gasteiger partial charge on any atom is -0.506 e. The van der Waals surface area contributed by atoms with Crippen LogP contribution in [-0.2, 0) is 6.42 Å². The Morgan fingerprint density at radius 2 is 1.64 bits per heavy atom. The Kier molecular flexibility index (Phi) is 15.4. The number of nitrogens with zero attached hydrogens (tertiary/aromatic N) is 2. The first kappa shape index (κ1) is 23.8. The van der Waals surface area contributed by atoms with Crippen molar-refractivity contribution < 1.29 is 5.11 Å². The van der Waals surface area contributed by atoms with E-state index >= 15 is 0 Å². The summed E-state index contributed by atoms with van der Waals surface area (Å²) >= 11 is 5.89. The number of rotatable bonds is 11. The van der Waals surface area contributed by atoms with E-state index in [1.165, 1.54) is 25.7 Å². The van der Waals surface area contributed by atoms with Crippen molar-refractivity contribution in [3.63, 3.8) is 0 Å². The minimum atomic E-state index is 0.123. The molecule has 0 saturated carbocycles. The van der Waals surface area contributed by atoms with E-state index in [0.717, 1.165) is 44.5 Å². The first-order chi connectivity index (χ1) is 12.1. The molecule has 0 unspecified atom stereocenters. The topological polar surface area (TPSA) is 47.3 Å². The Balaban J connectivity index is 0.000000823. The Bertz CT molecular complexity index is 481. The molecule has 0 spiro atoms. The largest absolute Gasteiger partial charge is 0.506 e. The van der Waals surface area contributed by atoms with Gasteiger partial charge in [-0.2, -0.15) is 5.26 Å². The van der Waals surface area contributed by atoms with Gasteiger partial charge in [0.2, 0.25) is 0 Å². The van der Waals surface area contributed by atoms with E-state index in [2.05, 4.69) is 31.7 Å². The Labute approximate surface area is 159 Å². The van der Waals surface area contributed by atoms with Crippen molar-refractivity contribution in [2.75, 3.05) is 19.6 Å². The zero-order valence-corrected chi connectivity index (χ0v) is 17.0. The number of nitriles is 1. The molecule has 25 heavy (non-hydrogen) atoms. The molecular formula is C21H35ClN2O. The van der Waals surface area contributed by atoms with Gasteiger partial charge in [-0.3, -0.25) is 0 Å². The van der Waals surface area contributed by atoms with Gasteiger partial charge < -0.3 is 10.0 Å². The van der Waals surface area contributed by atoms with Crippen LogP contribution in [0.1, 0.15) is 71.3 Å². The number of unbranched alkanes of at least 4 members (excludes halogenated alkanes) is 4. The van der Waals surface area contributed by atoms with Crippen LogP contribution in [0.5, 0.6) is 5.75 Å². The van der Waals surface area contributed by atoms with Crippen molar-refractivity contribution in [3.8, 4) is 11.8 Å². The normalized spacial score (nSPS) is 10.2. The molecule has 142 valence electrons. The average Bonchev–Trinajstić information content (AvgIpc) is 2.62. The number of aromatic hydroxyl groups is 1. The Morgan fingerprint density at radius 3 is 2.16 bits per heavy atom. The number of hydrogen-bond donors (Lipinski definition) is 1. The van der Waals surface area contributed by atoms with Gasteiger partial charge in [0.05, 0.1) is 11.1 Å². The molecule has 0 aliphatic heterocycles. The van der Waals surface area contributed by atoms with E-state index in [1.807, 2.05) is 6.07 Å². The number of benzene rings is 1. The molecule has 0 heterocycles. The van der Waals surface area contributed by atoms with Crippen LogP contribution in [0.25, 0.3) is 0 Å². The van der Waals surface area contributed by atoms with Gasteiger partial charge in [0.15, 0.2) is 0 Å². The van der Waals surface area contributed by atoms with Crippen molar-refractivity contribution in [2.24, 2.45) is 0 Å². The van der Waals surface area contributed by atoms with Crippen LogP contribution in [0.4, 0.5) is 0 Å². The third-order valence-corrected chi connectivity index (χ3v) is 4.36. The average molecular weight is 367 g/mol. The lowest BCUT2D eigenvalue weighted by Gasteiger charge is -2.20. The van der Waals surface area contributed by atoms with Crippen LogP contribution >= 0.6 is 11.6 Å². The van der Waals surface area contributed by atoms with E-state index in [1.54, 1.807) is 12.1 Å². The fourth-order valence-corrected chi connectivity index (χ4v) is 2.62. The van der Waals surface area contributed by atoms with Gasteiger partial charge in [-0.15, -0.1) is 0 Å². The lowest BCUT2D eigenvalue weighted by atomic mass is 10.1. The molecular weight excluding hydrogens is 332 g/mol. The van der Waals surface area contributed by atoms with Crippen molar-refractivity contribution in [2.45, 2.75) is 72.1 Å². The number of halogens is 1. The summed E-state index contributed by atoms with van der Waals surface area (Å²) in [6.45, 7) is 9.41. The molecule has 0 radical (unpaired) electrons. The van der Waals surface area contributed by atoms with E-state index in [4.69, 9.17) is 16.9 Å². The monoisotopic (exact) mass is 366 g/mol. The first-order valence-electron chi connectivity index (χ1n) is 9.65. The lowest BCUT2D eigenvalue weighted by molar-refractivity contribution is 0.278. The van der Waals surface area contributed by atoms with Gasteiger partial charge >= 0.3 is 0 Å². The molecule has 1 N–H and O–H groups in total. The first-order valence-corrected chi connectivity index (χ1v) is 10.0. The predicted octanol–water partition coefficient (Wildman–Crippen LogP) is 6.19. The van der Waals surface area contributed by atoms with Gasteiger partial charge in [-0.1, -0.05) is 70.5 Å². The Hall–Kier alpha value is -1.24. The Morgan fingerprint density at radius 1 is 1.00 bits per heavy atom. The fourth-order valence-electron chi connectivity index (χ4n) is 2.42. The summed E-state index contributed by atoms with van der Waals surface area (Å²) in [5.41, 5.74) is 1.11. The fraction of sp³-hybridized carbons (Fsp3) is 0.667. The van der Waals surface area contributed by atoms with E-state index in [-0.39, 0.29) is 5.75 Å².